The maximum Gasteiger partial charge on any atom is 0.434 e. The van der Waals surface area contributed by atoms with Gasteiger partial charge in [0.2, 0.25) is 0 Å². The van der Waals surface area contributed by atoms with Crippen molar-refractivity contribution in [2.24, 2.45) is 4.99 Å². The Morgan fingerprint density at radius 3 is 2.23 bits per heavy atom. The molecule has 0 saturated carbocycles. The highest BCUT2D eigenvalue weighted by atomic mass is 32.1. The lowest BCUT2D eigenvalue weighted by atomic mass is 10.1. The van der Waals surface area contributed by atoms with E-state index in [1.165, 1.54) is 16.7 Å². The summed E-state index contributed by atoms with van der Waals surface area (Å²) in [4.78, 5) is 7.74. The number of guanidine groups is 1. The molecule has 142 valence electrons. The predicted octanol–water partition coefficient (Wildman–Crippen LogP) is 3.73. The summed E-state index contributed by atoms with van der Waals surface area (Å²) < 4.78 is 37.6. The first kappa shape index (κ1) is 20.2. The summed E-state index contributed by atoms with van der Waals surface area (Å²) in [6.45, 7) is 5.34. The molecule has 0 atom stereocenters. The molecule has 0 aliphatic rings. The number of benzene rings is 1. The summed E-state index contributed by atoms with van der Waals surface area (Å²) in [7, 11) is 1.66. The second-order valence-electron chi connectivity index (χ2n) is 6.05. The van der Waals surface area contributed by atoms with Gasteiger partial charge in [0.1, 0.15) is 0 Å². The number of hydrogen-bond acceptors (Lipinski definition) is 3. The molecule has 0 unspecified atom stereocenters. The Hall–Kier alpha value is -2.09. The normalized spacial score (nSPS) is 12.3. The maximum atomic E-state index is 12.5. The number of nitrogens with zero attached hydrogens (tertiary/aromatic N) is 2. The van der Waals surface area contributed by atoms with Crippen LogP contribution in [0.2, 0.25) is 0 Å². The second kappa shape index (κ2) is 9.02. The lowest BCUT2D eigenvalue weighted by Gasteiger charge is -2.12. The van der Waals surface area contributed by atoms with Gasteiger partial charge in [-0.15, -0.1) is 11.3 Å². The molecule has 0 spiro atoms. The predicted molar refractivity (Wildman–Crippen MR) is 99.8 cm³/mol. The van der Waals surface area contributed by atoms with E-state index in [9.17, 15) is 13.2 Å². The minimum atomic E-state index is -4.38. The first-order chi connectivity index (χ1) is 12.3. The van der Waals surface area contributed by atoms with Crippen LogP contribution < -0.4 is 10.6 Å². The topological polar surface area (TPSA) is 49.3 Å². The van der Waals surface area contributed by atoms with E-state index >= 15 is 0 Å². The number of halogens is 3. The van der Waals surface area contributed by atoms with Gasteiger partial charge in [-0.1, -0.05) is 29.3 Å². The van der Waals surface area contributed by atoms with E-state index < -0.39 is 11.9 Å². The zero-order valence-electron chi connectivity index (χ0n) is 15.1. The average molecular weight is 384 g/mol. The van der Waals surface area contributed by atoms with Gasteiger partial charge in [-0.2, -0.15) is 13.2 Å². The highest BCUT2D eigenvalue weighted by Gasteiger charge is 2.33. The van der Waals surface area contributed by atoms with Crippen LogP contribution in [-0.4, -0.2) is 31.1 Å². The molecule has 0 saturated heterocycles. The second-order valence-corrected chi connectivity index (χ2v) is 6.99. The summed E-state index contributed by atoms with van der Waals surface area (Å²) in [5.74, 6) is 0.627. The van der Waals surface area contributed by atoms with Crippen molar-refractivity contribution >= 4 is 17.3 Å². The quantitative estimate of drug-likeness (QED) is 0.589. The van der Waals surface area contributed by atoms with Gasteiger partial charge in [-0.25, -0.2) is 4.98 Å². The van der Waals surface area contributed by atoms with Gasteiger partial charge < -0.3 is 10.6 Å². The van der Waals surface area contributed by atoms with Crippen LogP contribution in [0.15, 0.2) is 28.6 Å². The fourth-order valence-corrected chi connectivity index (χ4v) is 3.41. The Balaban J connectivity index is 1.75. The van der Waals surface area contributed by atoms with Gasteiger partial charge in [0.15, 0.2) is 11.7 Å². The molecule has 0 aliphatic carbocycles. The molecular weight excluding hydrogens is 361 g/mol. The van der Waals surface area contributed by atoms with E-state index in [0.29, 0.717) is 23.9 Å². The zero-order chi connectivity index (χ0) is 19.2. The van der Waals surface area contributed by atoms with Crippen LogP contribution in [-0.2, 0) is 19.0 Å². The molecule has 2 N–H and O–H groups in total. The van der Waals surface area contributed by atoms with Crippen LogP contribution in [0.3, 0.4) is 0 Å². The van der Waals surface area contributed by atoms with E-state index in [-0.39, 0.29) is 0 Å². The minimum absolute atomic E-state index is 0.415. The van der Waals surface area contributed by atoms with E-state index in [4.69, 9.17) is 0 Å². The first-order valence-corrected chi connectivity index (χ1v) is 9.19. The molecule has 26 heavy (non-hydrogen) atoms. The summed E-state index contributed by atoms with van der Waals surface area (Å²) >= 11 is 1.02. The third-order valence-electron chi connectivity index (χ3n) is 3.68. The molecule has 2 aromatic rings. The molecule has 4 nitrogen and oxygen atoms in total. The van der Waals surface area contributed by atoms with Crippen molar-refractivity contribution in [1.29, 1.82) is 0 Å². The van der Waals surface area contributed by atoms with E-state index in [2.05, 4.69) is 52.7 Å². The summed E-state index contributed by atoms with van der Waals surface area (Å²) in [6.07, 6.45) is -3.10. The average Bonchev–Trinajstić information content (AvgIpc) is 3.01. The largest absolute Gasteiger partial charge is 0.434 e. The van der Waals surface area contributed by atoms with Crippen LogP contribution in [0.5, 0.6) is 0 Å². The van der Waals surface area contributed by atoms with Crippen molar-refractivity contribution in [3.8, 4) is 0 Å². The smallest absolute Gasteiger partial charge is 0.356 e. The molecule has 8 heteroatoms. The fourth-order valence-electron chi connectivity index (χ4n) is 2.60. The monoisotopic (exact) mass is 384 g/mol. The lowest BCUT2D eigenvalue weighted by molar-refractivity contribution is -0.140. The van der Waals surface area contributed by atoms with Crippen LogP contribution in [0.1, 0.15) is 27.4 Å². The van der Waals surface area contributed by atoms with Crippen molar-refractivity contribution in [2.75, 3.05) is 20.1 Å². The van der Waals surface area contributed by atoms with Crippen molar-refractivity contribution < 1.29 is 13.2 Å². The summed E-state index contributed by atoms with van der Waals surface area (Å²) in [6, 6.07) is 6.46. The molecule has 0 aliphatic heterocycles. The Kier molecular flexibility index (Phi) is 7.02. The molecule has 2 rings (SSSR count). The van der Waals surface area contributed by atoms with Gasteiger partial charge in [-0.05, 0) is 25.8 Å². The van der Waals surface area contributed by atoms with E-state index in [0.717, 1.165) is 29.7 Å². The number of rotatable bonds is 6. The van der Waals surface area contributed by atoms with Crippen molar-refractivity contribution in [1.82, 2.24) is 15.6 Å². The Bertz CT molecular complexity index is 733. The Morgan fingerprint density at radius 2 is 1.69 bits per heavy atom. The SMILES string of the molecule is CN=C(NCCc1cc(C)cc(C)c1)NCCc1nc(C(F)(F)F)cs1. The standard InChI is InChI=1S/C18H23F3N4S/c1-12-8-13(2)10-14(9-12)4-6-23-17(22-3)24-7-5-16-25-15(11-26-16)18(19,20)21/h8-11H,4-7H2,1-3H3,(H2,22,23,24). The van der Waals surface area contributed by atoms with Gasteiger partial charge >= 0.3 is 6.18 Å². The van der Waals surface area contributed by atoms with Crippen LogP contribution in [0.25, 0.3) is 0 Å². The van der Waals surface area contributed by atoms with Crippen molar-refractivity contribution in [3.05, 3.63) is 51.0 Å². The minimum Gasteiger partial charge on any atom is -0.356 e. The number of aliphatic imine (C=N–C) groups is 1. The van der Waals surface area contributed by atoms with E-state index in [1.54, 1.807) is 7.05 Å². The third-order valence-corrected chi connectivity index (χ3v) is 4.59. The van der Waals surface area contributed by atoms with Crippen molar-refractivity contribution in [2.45, 2.75) is 32.9 Å². The molecule has 1 aromatic heterocycles. The number of hydrogen-bond donors (Lipinski definition) is 2. The first-order valence-electron chi connectivity index (χ1n) is 8.31. The molecule has 0 radical (unpaired) electrons. The zero-order valence-corrected chi connectivity index (χ0v) is 15.9. The third kappa shape index (κ3) is 6.33. The van der Waals surface area contributed by atoms with Crippen LogP contribution in [0, 0.1) is 13.8 Å². The lowest BCUT2D eigenvalue weighted by Crippen LogP contribution is -2.39. The van der Waals surface area contributed by atoms with Gasteiger partial charge in [-0.3, -0.25) is 4.99 Å². The summed E-state index contributed by atoms with van der Waals surface area (Å²) in [5, 5.41) is 7.82. The molecule has 1 heterocycles. The Labute approximate surface area is 155 Å². The van der Waals surface area contributed by atoms with Gasteiger partial charge in [0.05, 0.1) is 5.01 Å². The molecular formula is C18H23F3N4S. The number of aryl methyl sites for hydroxylation is 2. The molecule has 0 fully saturated rings. The van der Waals surface area contributed by atoms with Crippen LogP contribution in [0.4, 0.5) is 13.2 Å². The van der Waals surface area contributed by atoms with Crippen LogP contribution >= 0.6 is 11.3 Å². The maximum absolute atomic E-state index is 12.5. The Morgan fingerprint density at radius 1 is 1.08 bits per heavy atom. The van der Waals surface area contributed by atoms with Gasteiger partial charge in [0, 0.05) is 31.9 Å². The van der Waals surface area contributed by atoms with E-state index in [1.807, 2.05) is 0 Å². The number of thiazole rings is 1. The molecule has 0 amide bonds. The highest BCUT2D eigenvalue weighted by molar-refractivity contribution is 7.09. The van der Waals surface area contributed by atoms with Gasteiger partial charge in [0.25, 0.3) is 0 Å². The number of alkyl halides is 3. The number of nitrogens with one attached hydrogen (secondary N) is 2. The number of aromatic nitrogens is 1. The van der Waals surface area contributed by atoms with Crippen molar-refractivity contribution in [3.63, 3.8) is 0 Å². The molecule has 1 aromatic carbocycles. The fraction of sp³-hybridized carbons (Fsp3) is 0.444. The molecule has 0 bridgehead atoms. The summed E-state index contributed by atoms with van der Waals surface area (Å²) in [5.41, 5.74) is 2.91. The highest BCUT2D eigenvalue weighted by Crippen LogP contribution is 2.29.